The Balaban J connectivity index is 1.82. The van der Waals surface area contributed by atoms with Crippen LogP contribution in [0.15, 0.2) is 29.3 Å². The molecular weight excluding hydrogens is 396 g/mol. The highest BCUT2D eigenvalue weighted by atomic mass is 32.2. The summed E-state index contributed by atoms with van der Waals surface area (Å²) in [6.07, 6.45) is 2.03. The number of anilines is 1. The van der Waals surface area contributed by atoms with Crippen molar-refractivity contribution in [2.24, 2.45) is 4.99 Å². The molecule has 0 spiro atoms. The van der Waals surface area contributed by atoms with Crippen LogP contribution in [0.1, 0.15) is 59.9 Å². The van der Waals surface area contributed by atoms with Gasteiger partial charge >= 0.3 is 0 Å². The van der Waals surface area contributed by atoms with E-state index < -0.39 is 14.6 Å². The van der Waals surface area contributed by atoms with Gasteiger partial charge in [-0.25, -0.2) is 8.42 Å². The van der Waals surface area contributed by atoms with Gasteiger partial charge in [0.2, 0.25) is 0 Å². The molecule has 1 aliphatic heterocycles. The minimum absolute atomic E-state index is 0.0974. The number of benzene rings is 1. The molecule has 0 radical (unpaired) electrons. The summed E-state index contributed by atoms with van der Waals surface area (Å²) in [5, 5.41) is 6.60. The lowest BCUT2D eigenvalue weighted by Crippen LogP contribution is -2.49. The Bertz CT molecular complexity index is 810. The monoisotopic (exact) mass is 436 g/mol. The van der Waals surface area contributed by atoms with Crippen LogP contribution in [0, 0.1) is 0 Å². The van der Waals surface area contributed by atoms with Gasteiger partial charge in [0, 0.05) is 38.4 Å². The molecule has 0 amide bonds. The first-order valence-corrected chi connectivity index (χ1v) is 12.5. The molecule has 7 heteroatoms. The standard InChI is InChI=1S/C23H40N4O2S/c1-22(2,3)18-8-10-20(11-9-18)27-15-12-19(13-16-27)26-21(24-7)25-14-17-30(28,29)23(4,5)6/h8-11,19H,12-17H2,1-7H3,(H2,24,25,26). The molecule has 0 saturated carbocycles. The first kappa shape index (κ1) is 24.5. The molecule has 1 saturated heterocycles. The van der Waals surface area contributed by atoms with Gasteiger partial charge in [0.1, 0.15) is 0 Å². The predicted octanol–water partition coefficient (Wildman–Crippen LogP) is 3.33. The number of nitrogens with zero attached hydrogens (tertiary/aromatic N) is 2. The van der Waals surface area contributed by atoms with Crippen LogP contribution in [0.2, 0.25) is 0 Å². The number of guanidine groups is 1. The van der Waals surface area contributed by atoms with E-state index in [0.717, 1.165) is 25.9 Å². The van der Waals surface area contributed by atoms with Crippen LogP contribution in [0.4, 0.5) is 5.69 Å². The highest BCUT2D eigenvalue weighted by Crippen LogP contribution is 2.26. The SMILES string of the molecule is CN=C(NCCS(=O)(=O)C(C)(C)C)NC1CCN(c2ccc(C(C)(C)C)cc2)CC1. The number of aliphatic imine (C=N–C) groups is 1. The Labute approximate surface area is 183 Å². The third-order valence-corrected chi connectivity index (χ3v) is 8.36. The van der Waals surface area contributed by atoms with Crippen LogP contribution in [0.3, 0.4) is 0 Å². The maximum absolute atomic E-state index is 12.3. The third-order valence-electron chi connectivity index (χ3n) is 5.75. The maximum Gasteiger partial charge on any atom is 0.191 e. The van der Waals surface area contributed by atoms with Gasteiger partial charge in [-0.1, -0.05) is 32.9 Å². The second kappa shape index (κ2) is 9.58. The molecule has 30 heavy (non-hydrogen) atoms. The van der Waals surface area contributed by atoms with E-state index in [-0.39, 0.29) is 11.2 Å². The topological polar surface area (TPSA) is 73.8 Å². The van der Waals surface area contributed by atoms with Crippen LogP contribution in [-0.4, -0.2) is 57.6 Å². The summed E-state index contributed by atoms with van der Waals surface area (Å²) in [4.78, 5) is 6.69. The van der Waals surface area contributed by atoms with Crippen LogP contribution < -0.4 is 15.5 Å². The van der Waals surface area contributed by atoms with E-state index in [0.29, 0.717) is 18.5 Å². The molecule has 2 rings (SSSR count). The van der Waals surface area contributed by atoms with Gasteiger partial charge in [-0.15, -0.1) is 0 Å². The van der Waals surface area contributed by atoms with Crippen LogP contribution in [0.25, 0.3) is 0 Å². The number of hydrogen-bond donors (Lipinski definition) is 2. The fourth-order valence-corrected chi connectivity index (χ4v) is 4.44. The zero-order valence-corrected chi connectivity index (χ0v) is 20.6. The van der Waals surface area contributed by atoms with Gasteiger partial charge in [-0.3, -0.25) is 4.99 Å². The number of sulfone groups is 1. The van der Waals surface area contributed by atoms with E-state index in [9.17, 15) is 8.42 Å². The fraction of sp³-hybridized carbons (Fsp3) is 0.696. The van der Waals surface area contributed by atoms with Crippen molar-refractivity contribution >= 4 is 21.5 Å². The predicted molar refractivity (Wildman–Crippen MR) is 128 cm³/mol. The van der Waals surface area contributed by atoms with Crippen molar-refractivity contribution in [3.63, 3.8) is 0 Å². The van der Waals surface area contributed by atoms with E-state index >= 15 is 0 Å². The molecular formula is C23H40N4O2S. The first-order chi connectivity index (χ1) is 13.8. The molecule has 0 aliphatic carbocycles. The van der Waals surface area contributed by atoms with Crippen molar-refractivity contribution < 1.29 is 8.42 Å². The molecule has 1 heterocycles. The molecule has 0 atom stereocenters. The van der Waals surface area contributed by atoms with Crippen molar-refractivity contribution in [3.8, 4) is 0 Å². The smallest absolute Gasteiger partial charge is 0.191 e. The van der Waals surface area contributed by atoms with E-state index in [1.54, 1.807) is 27.8 Å². The summed E-state index contributed by atoms with van der Waals surface area (Å²) in [6.45, 7) is 14.2. The average Bonchev–Trinajstić information content (AvgIpc) is 2.66. The Morgan fingerprint density at radius 1 is 1.07 bits per heavy atom. The van der Waals surface area contributed by atoms with Crippen molar-refractivity contribution in [2.45, 2.75) is 70.6 Å². The second-order valence-electron chi connectivity index (χ2n) is 10.1. The Kier molecular flexibility index (Phi) is 7.83. The lowest BCUT2D eigenvalue weighted by Gasteiger charge is -2.35. The first-order valence-electron chi connectivity index (χ1n) is 10.9. The number of hydrogen-bond acceptors (Lipinski definition) is 4. The second-order valence-corrected chi connectivity index (χ2v) is 13.0. The zero-order valence-electron chi connectivity index (χ0n) is 19.7. The summed E-state index contributed by atoms with van der Waals surface area (Å²) in [5.41, 5.74) is 2.80. The van der Waals surface area contributed by atoms with Crippen molar-refractivity contribution in [2.75, 3.05) is 37.3 Å². The van der Waals surface area contributed by atoms with Crippen LogP contribution >= 0.6 is 0 Å². The summed E-state index contributed by atoms with van der Waals surface area (Å²) in [7, 11) is -1.42. The molecule has 1 aromatic rings. The zero-order chi connectivity index (χ0) is 22.6. The average molecular weight is 437 g/mol. The Hall–Kier alpha value is -1.76. The summed E-state index contributed by atoms with van der Waals surface area (Å²) in [5.74, 6) is 0.771. The van der Waals surface area contributed by atoms with E-state index in [4.69, 9.17) is 0 Å². The molecule has 1 aromatic carbocycles. The summed E-state index contributed by atoms with van der Waals surface area (Å²) >= 11 is 0. The maximum atomic E-state index is 12.3. The normalized spacial score (nSPS) is 17.2. The van der Waals surface area contributed by atoms with Gasteiger partial charge < -0.3 is 15.5 Å². The largest absolute Gasteiger partial charge is 0.371 e. The number of rotatable bonds is 5. The fourth-order valence-electron chi connectivity index (χ4n) is 3.45. The van der Waals surface area contributed by atoms with Crippen molar-refractivity contribution in [1.82, 2.24) is 10.6 Å². The number of nitrogens with one attached hydrogen (secondary N) is 2. The van der Waals surface area contributed by atoms with Crippen LogP contribution in [-0.2, 0) is 15.3 Å². The van der Waals surface area contributed by atoms with Crippen molar-refractivity contribution in [1.29, 1.82) is 0 Å². The van der Waals surface area contributed by atoms with Crippen molar-refractivity contribution in [3.05, 3.63) is 29.8 Å². The molecule has 0 aromatic heterocycles. The lowest BCUT2D eigenvalue weighted by atomic mass is 9.87. The highest BCUT2D eigenvalue weighted by molar-refractivity contribution is 7.92. The van der Waals surface area contributed by atoms with Gasteiger partial charge in [0.25, 0.3) is 0 Å². The van der Waals surface area contributed by atoms with E-state index in [2.05, 4.69) is 65.6 Å². The molecule has 6 nitrogen and oxygen atoms in total. The Morgan fingerprint density at radius 3 is 2.10 bits per heavy atom. The van der Waals surface area contributed by atoms with E-state index in [1.807, 2.05) is 0 Å². The molecule has 170 valence electrons. The highest BCUT2D eigenvalue weighted by Gasteiger charge is 2.28. The summed E-state index contributed by atoms with van der Waals surface area (Å²) < 4.78 is 23.8. The molecule has 1 fully saturated rings. The van der Waals surface area contributed by atoms with Gasteiger partial charge in [0.05, 0.1) is 10.5 Å². The van der Waals surface area contributed by atoms with Gasteiger partial charge in [-0.2, -0.15) is 0 Å². The van der Waals surface area contributed by atoms with E-state index in [1.165, 1.54) is 11.3 Å². The van der Waals surface area contributed by atoms with Gasteiger partial charge in [-0.05, 0) is 56.7 Å². The minimum Gasteiger partial charge on any atom is -0.371 e. The summed E-state index contributed by atoms with van der Waals surface area (Å²) in [6, 6.07) is 9.25. The minimum atomic E-state index is -3.14. The third kappa shape index (κ3) is 6.62. The van der Waals surface area contributed by atoms with Gasteiger partial charge in [0.15, 0.2) is 15.8 Å². The lowest BCUT2D eigenvalue weighted by molar-refractivity contribution is 0.462. The van der Waals surface area contributed by atoms with Crippen LogP contribution in [0.5, 0.6) is 0 Å². The molecule has 0 unspecified atom stereocenters. The quantitative estimate of drug-likeness (QED) is 0.547. The molecule has 2 N–H and O–H groups in total. The number of piperidine rings is 1. The molecule has 1 aliphatic rings. The molecule has 0 bridgehead atoms. The Morgan fingerprint density at radius 2 is 1.63 bits per heavy atom.